The maximum Gasteiger partial charge on any atom is 0.306 e. The molecule has 0 fully saturated rings. The van der Waals surface area contributed by atoms with Crippen molar-refractivity contribution in [2.45, 2.75) is 297 Å². The number of allylic oxidation sites excluding steroid dienone is 16. The predicted molar refractivity (Wildman–Crippen MR) is 316 cm³/mol. The van der Waals surface area contributed by atoms with E-state index >= 15 is 0 Å². The minimum absolute atomic E-state index is 0.0949. The van der Waals surface area contributed by atoms with Crippen LogP contribution >= 0.6 is 0 Å². The second-order valence-corrected chi connectivity index (χ2v) is 20.2. The van der Waals surface area contributed by atoms with Gasteiger partial charge in [-0.05, 0) is 122 Å². The molecule has 0 aromatic rings. The molecule has 0 amide bonds. The summed E-state index contributed by atoms with van der Waals surface area (Å²) in [6.45, 7) is 6.47. The van der Waals surface area contributed by atoms with E-state index in [0.29, 0.717) is 19.3 Å². The molecular weight excluding hydrogens is 901 g/mol. The molecule has 6 nitrogen and oxygen atoms in total. The minimum Gasteiger partial charge on any atom is -0.462 e. The van der Waals surface area contributed by atoms with Crippen LogP contribution in [-0.4, -0.2) is 37.2 Å². The molecule has 418 valence electrons. The topological polar surface area (TPSA) is 78.9 Å². The number of esters is 3. The molecule has 1 atom stereocenters. The lowest BCUT2D eigenvalue weighted by molar-refractivity contribution is -0.167. The van der Waals surface area contributed by atoms with E-state index in [4.69, 9.17) is 14.2 Å². The van der Waals surface area contributed by atoms with Crippen LogP contribution in [0.2, 0.25) is 0 Å². The second kappa shape index (κ2) is 60.9. The lowest BCUT2D eigenvalue weighted by Crippen LogP contribution is -2.30. The van der Waals surface area contributed by atoms with Gasteiger partial charge >= 0.3 is 17.9 Å². The first-order valence-corrected chi connectivity index (χ1v) is 30.7. The number of hydrogen-bond donors (Lipinski definition) is 0. The van der Waals surface area contributed by atoms with Crippen molar-refractivity contribution in [1.29, 1.82) is 0 Å². The van der Waals surface area contributed by atoms with Gasteiger partial charge in [-0.3, -0.25) is 14.4 Å². The molecule has 0 saturated heterocycles. The van der Waals surface area contributed by atoms with Crippen molar-refractivity contribution in [2.24, 2.45) is 0 Å². The Bertz CT molecular complexity index is 1440. The summed E-state index contributed by atoms with van der Waals surface area (Å²) in [5, 5.41) is 0. The van der Waals surface area contributed by atoms with Crippen LogP contribution in [0.5, 0.6) is 0 Å². The maximum absolute atomic E-state index is 12.9. The molecule has 0 aliphatic heterocycles. The Morgan fingerprint density at radius 3 is 0.877 bits per heavy atom. The van der Waals surface area contributed by atoms with Crippen LogP contribution in [0.15, 0.2) is 97.2 Å². The summed E-state index contributed by atoms with van der Waals surface area (Å²) in [4.78, 5) is 38.3. The van der Waals surface area contributed by atoms with Crippen LogP contribution in [-0.2, 0) is 28.6 Å². The molecular formula is C67H114O6. The van der Waals surface area contributed by atoms with Gasteiger partial charge in [0, 0.05) is 19.3 Å². The summed E-state index contributed by atoms with van der Waals surface area (Å²) >= 11 is 0. The standard InChI is InChI=1S/C67H114O6/c1-4-7-10-13-16-19-22-25-28-31-32-33-34-37-39-42-45-48-51-54-57-60-66(69)72-63-64(73-67(70)61-58-55-52-49-46-43-40-36-30-27-24-21-18-15-12-9-6-3)62-71-65(68)59-56-53-50-47-44-41-38-35-29-26-23-20-17-14-11-8-5-2/h8,11,17-18,20-21,25-30,38,40-41,43,64H,4-7,9-10,12-16,19,22-24,31-37,39,42,44-63H2,1-3H3/b11-8-,20-17-,21-18-,28-25-,29-26-,30-27-,41-38-,43-40-/t64-/m1/s1. The maximum atomic E-state index is 12.9. The molecule has 6 heteroatoms. The van der Waals surface area contributed by atoms with Crippen LogP contribution < -0.4 is 0 Å². The van der Waals surface area contributed by atoms with E-state index in [1.54, 1.807) is 0 Å². The zero-order valence-electron chi connectivity index (χ0n) is 47.9. The summed E-state index contributed by atoms with van der Waals surface area (Å²) in [7, 11) is 0. The largest absolute Gasteiger partial charge is 0.462 e. The first kappa shape index (κ1) is 69.3. The third-order valence-corrected chi connectivity index (χ3v) is 13.0. The zero-order chi connectivity index (χ0) is 52.9. The molecule has 0 aliphatic rings. The molecule has 0 rings (SSSR count). The quantitative estimate of drug-likeness (QED) is 0.0261. The molecule has 73 heavy (non-hydrogen) atoms. The van der Waals surface area contributed by atoms with Gasteiger partial charge < -0.3 is 14.2 Å². The van der Waals surface area contributed by atoms with Crippen molar-refractivity contribution in [2.75, 3.05) is 13.2 Å². The van der Waals surface area contributed by atoms with Gasteiger partial charge in [0.1, 0.15) is 13.2 Å². The van der Waals surface area contributed by atoms with Gasteiger partial charge in [-0.1, -0.05) is 246 Å². The molecule has 0 aromatic carbocycles. The Morgan fingerprint density at radius 1 is 0.288 bits per heavy atom. The smallest absolute Gasteiger partial charge is 0.306 e. The van der Waals surface area contributed by atoms with E-state index < -0.39 is 6.10 Å². The Kier molecular flexibility index (Phi) is 57.8. The zero-order valence-corrected chi connectivity index (χ0v) is 47.9. The van der Waals surface area contributed by atoms with E-state index in [1.165, 1.54) is 128 Å². The molecule has 0 aromatic heterocycles. The minimum atomic E-state index is -0.802. The van der Waals surface area contributed by atoms with E-state index in [-0.39, 0.29) is 31.1 Å². The monoisotopic (exact) mass is 1010 g/mol. The summed E-state index contributed by atoms with van der Waals surface area (Å²) in [6.07, 6.45) is 81.1. The van der Waals surface area contributed by atoms with E-state index in [2.05, 4.69) is 118 Å². The fourth-order valence-electron chi connectivity index (χ4n) is 8.44. The molecule has 0 heterocycles. The number of unbranched alkanes of at least 4 members (excludes halogenated alkanes) is 28. The van der Waals surface area contributed by atoms with Crippen LogP contribution in [0.25, 0.3) is 0 Å². The third-order valence-electron chi connectivity index (χ3n) is 13.0. The SMILES string of the molecule is CC/C=C\C/C=C\C/C=C\C/C=C\CCCCCCC(=O)OC[C@H](COC(=O)CCCCCCCCCCCCC/C=C\CCCCCCCC)OC(=O)CCCCCC/C=C\C/C=C\C/C=C\CCCCC. The van der Waals surface area contributed by atoms with E-state index in [1.807, 2.05) is 0 Å². The van der Waals surface area contributed by atoms with Crippen LogP contribution in [0.4, 0.5) is 0 Å². The number of carbonyl (C=O) groups excluding carboxylic acids is 3. The van der Waals surface area contributed by atoms with Gasteiger partial charge in [-0.15, -0.1) is 0 Å². The number of carbonyl (C=O) groups is 3. The van der Waals surface area contributed by atoms with Crippen LogP contribution in [0, 0.1) is 0 Å². The van der Waals surface area contributed by atoms with Gasteiger partial charge in [-0.25, -0.2) is 0 Å². The Balaban J connectivity index is 4.44. The third kappa shape index (κ3) is 59.1. The van der Waals surface area contributed by atoms with Gasteiger partial charge in [0.25, 0.3) is 0 Å². The van der Waals surface area contributed by atoms with Gasteiger partial charge in [-0.2, -0.15) is 0 Å². The molecule has 0 saturated carbocycles. The lowest BCUT2D eigenvalue weighted by atomic mass is 10.0. The molecule has 0 aliphatic carbocycles. The van der Waals surface area contributed by atoms with Crippen molar-refractivity contribution < 1.29 is 28.6 Å². The summed E-state index contributed by atoms with van der Waals surface area (Å²) in [5.41, 5.74) is 0. The highest BCUT2D eigenvalue weighted by molar-refractivity contribution is 5.71. The molecule has 0 bridgehead atoms. The highest BCUT2D eigenvalue weighted by atomic mass is 16.6. The second-order valence-electron chi connectivity index (χ2n) is 20.2. The average molecular weight is 1020 g/mol. The molecule has 0 radical (unpaired) electrons. The average Bonchev–Trinajstić information content (AvgIpc) is 3.39. The first-order valence-electron chi connectivity index (χ1n) is 30.7. The van der Waals surface area contributed by atoms with Crippen LogP contribution in [0.1, 0.15) is 290 Å². The normalized spacial score (nSPS) is 12.8. The number of hydrogen-bond acceptors (Lipinski definition) is 6. The highest BCUT2D eigenvalue weighted by Crippen LogP contribution is 2.15. The van der Waals surface area contributed by atoms with Crippen LogP contribution in [0.3, 0.4) is 0 Å². The Hall–Kier alpha value is -3.67. The predicted octanol–water partition coefficient (Wildman–Crippen LogP) is 20.9. The highest BCUT2D eigenvalue weighted by Gasteiger charge is 2.19. The molecule has 0 spiro atoms. The van der Waals surface area contributed by atoms with Crippen molar-refractivity contribution in [3.63, 3.8) is 0 Å². The summed E-state index contributed by atoms with van der Waals surface area (Å²) < 4.78 is 16.9. The molecule has 0 unspecified atom stereocenters. The van der Waals surface area contributed by atoms with Gasteiger partial charge in [0.2, 0.25) is 0 Å². The fraction of sp³-hybridized carbons (Fsp3) is 0.716. The van der Waals surface area contributed by atoms with Gasteiger partial charge in [0.15, 0.2) is 6.10 Å². The number of ether oxygens (including phenoxy) is 3. The van der Waals surface area contributed by atoms with E-state index in [9.17, 15) is 14.4 Å². The Labute approximate surface area is 451 Å². The van der Waals surface area contributed by atoms with Gasteiger partial charge in [0.05, 0.1) is 0 Å². The molecule has 0 N–H and O–H groups in total. The first-order chi connectivity index (χ1) is 36.0. The summed E-state index contributed by atoms with van der Waals surface area (Å²) in [5.74, 6) is -0.935. The van der Waals surface area contributed by atoms with E-state index in [0.717, 1.165) is 122 Å². The van der Waals surface area contributed by atoms with Crippen molar-refractivity contribution in [1.82, 2.24) is 0 Å². The summed E-state index contributed by atoms with van der Waals surface area (Å²) in [6, 6.07) is 0. The van der Waals surface area contributed by atoms with Crippen molar-refractivity contribution in [3.8, 4) is 0 Å². The Morgan fingerprint density at radius 2 is 0.534 bits per heavy atom. The van der Waals surface area contributed by atoms with Crippen molar-refractivity contribution >= 4 is 17.9 Å². The van der Waals surface area contributed by atoms with Crippen molar-refractivity contribution in [3.05, 3.63) is 97.2 Å². The number of rotatable bonds is 55. The lowest BCUT2D eigenvalue weighted by Gasteiger charge is -2.18. The fourth-order valence-corrected chi connectivity index (χ4v) is 8.44.